The minimum Gasteiger partial charge on any atom is -0.404 e. The van der Waals surface area contributed by atoms with Crippen LogP contribution in [0.4, 0.5) is 5.88 Å². The third kappa shape index (κ3) is 2.83. The summed E-state index contributed by atoms with van der Waals surface area (Å²) in [7, 11) is 0. The van der Waals surface area contributed by atoms with Gasteiger partial charge in [0, 0.05) is 6.04 Å². The van der Waals surface area contributed by atoms with Crippen molar-refractivity contribution in [3.05, 3.63) is 28.0 Å². The molecule has 2 heterocycles. The summed E-state index contributed by atoms with van der Waals surface area (Å²) in [5.74, 6) is 0.356. The molecule has 1 aliphatic rings. The van der Waals surface area contributed by atoms with Crippen LogP contribution in [0.3, 0.4) is 0 Å². The molecule has 6 heteroatoms. The monoisotopic (exact) mass is 240 g/mol. The Morgan fingerprint density at radius 1 is 1.53 bits per heavy atom. The molecule has 1 N–H and O–H groups in total. The van der Waals surface area contributed by atoms with E-state index >= 15 is 0 Å². The van der Waals surface area contributed by atoms with E-state index in [0.29, 0.717) is 12.3 Å². The lowest BCUT2D eigenvalue weighted by molar-refractivity contribution is -0.402. The van der Waals surface area contributed by atoms with Crippen LogP contribution in [0.5, 0.6) is 0 Å². The van der Waals surface area contributed by atoms with Gasteiger partial charge in [-0.2, -0.15) is 0 Å². The van der Waals surface area contributed by atoms with Crippen molar-refractivity contribution < 1.29 is 14.4 Å². The Labute approximate surface area is 99.0 Å². The second-order valence-corrected chi connectivity index (χ2v) is 4.30. The van der Waals surface area contributed by atoms with Gasteiger partial charge < -0.3 is 9.52 Å². The number of rotatable bonds is 4. The van der Waals surface area contributed by atoms with Crippen LogP contribution in [-0.2, 0) is 6.54 Å². The van der Waals surface area contributed by atoms with Gasteiger partial charge in [0.05, 0.1) is 19.2 Å². The van der Waals surface area contributed by atoms with Gasteiger partial charge in [0.25, 0.3) is 0 Å². The first-order valence-electron chi connectivity index (χ1n) is 5.78. The summed E-state index contributed by atoms with van der Waals surface area (Å²) in [5, 5.41) is 19.7. The van der Waals surface area contributed by atoms with E-state index < -0.39 is 4.92 Å². The maximum absolute atomic E-state index is 10.5. The molecule has 1 aliphatic heterocycles. The maximum atomic E-state index is 10.5. The van der Waals surface area contributed by atoms with E-state index in [-0.39, 0.29) is 18.5 Å². The van der Waals surface area contributed by atoms with Gasteiger partial charge in [-0.3, -0.25) is 15.0 Å². The highest BCUT2D eigenvalue weighted by atomic mass is 16.6. The van der Waals surface area contributed by atoms with Crippen molar-refractivity contribution in [2.45, 2.75) is 31.8 Å². The summed E-state index contributed by atoms with van der Waals surface area (Å²) in [4.78, 5) is 12.1. The first-order valence-corrected chi connectivity index (χ1v) is 5.78. The standard InChI is InChI=1S/C11H16N2O4/c14-8-9-3-1-2-6-12(9)7-10-4-5-11(17-10)13(15)16/h4-5,9,14H,1-3,6-8H2. The molecule has 17 heavy (non-hydrogen) atoms. The number of nitro groups is 1. The Morgan fingerprint density at radius 3 is 3.00 bits per heavy atom. The zero-order valence-corrected chi connectivity index (χ0v) is 9.54. The van der Waals surface area contributed by atoms with Crippen LogP contribution in [0.1, 0.15) is 25.0 Å². The van der Waals surface area contributed by atoms with E-state index in [0.717, 1.165) is 25.8 Å². The van der Waals surface area contributed by atoms with Crippen molar-refractivity contribution in [2.24, 2.45) is 0 Å². The fourth-order valence-electron chi connectivity index (χ4n) is 2.22. The molecule has 1 fully saturated rings. The van der Waals surface area contributed by atoms with E-state index in [4.69, 9.17) is 4.42 Å². The normalized spacial score (nSPS) is 21.6. The van der Waals surface area contributed by atoms with Crippen LogP contribution in [0.15, 0.2) is 16.5 Å². The Morgan fingerprint density at radius 2 is 2.35 bits per heavy atom. The SMILES string of the molecule is O=[N+]([O-])c1ccc(CN2CCCCC2CO)o1. The zero-order valence-electron chi connectivity index (χ0n) is 9.54. The number of aliphatic hydroxyl groups is 1. The summed E-state index contributed by atoms with van der Waals surface area (Å²) < 4.78 is 5.12. The number of furan rings is 1. The minimum atomic E-state index is -0.538. The van der Waals surface area contributed by atoms with Gasteiger partial charge in [0.2, 0.25) is 0 Å². The first kappa shape index (κ1) is 12.1. The maximum Gasteiger partial charge on any atom is 0.433 e. The summed E-state index contributed by atoms with van der Waals surface area (Å²) in [6, 6.07) is 3.14. The zero-order chi connectivity index (χ0) is 12.3. The van der Waals surface area contributed by atoms with Crippen LogP contribution in [0.25, 0.3) is 0 Å². The molecule has 1 unspecified atom stereocenters. The largest absolute Gasteiger partial charge is 0.433 e. The van der Waals surface area contributed by atoms with Crippen molar-refractivity contribution in [1.29, 1.82) is 0 Å². The summed E-state index contributed by atoms with van der Waals surface area (Å²) in [5.41, 5.74) is 0. The Hall–Kier alpha value is -1.40. The highest BCUT2D eigenvalue weighted by Gasteiger charge is 2.23. The second kappa shape index (κ2) is 5.29. The molecule has 0 amide bonds. The summed E-state index contributed by atoms with van der Waals surface area (Å²) in [6.07, 6.45) is 3.19. The Balaban J connectivity index is 2.00. The molecule has 94 valence electrons. The lowest BCUT2D eigenvalue weighted by Crippen LogP contribution is -2.41. The van der Waals surface area contributed by atoms with Gasteiger partial charge in [-0.25, -0.2) is 0 Å². The molecule has 0 spiro atoms. The van der Waals surface area contributed by atoms with Gasteiger partial charge >= 0.3 is 5.88 Å². The number of aliphatic hydroxyl groups excluding tert-OH is 1. The van der Waals surface area contributed by atoms with Crippen LogP contribution in [0.2, 0.25) is 0 Å². The third-order valence-electron chi connectivity index (χ3n) is 3.15. The summed E-state index contributed by atoms with van der Waals surface area (Å²) in [6.45, 7) is 1.56. The molecule has 1 saturated heterocycles. The number of piperidine rings is 1. The van der Waals surface area contributed by atoms with Crippen molar-refractivity contribution >= 4 is 5.88 Å². The third-order valence-corrected chi connectivity index (χ3v) is 3.15. The number of nitrogens with zero attached hydrogens (tertiary/aromatic N) is 2. The Bertz CT molecular complexity index is 391. The van der Waals surface area contributed by atoms with Gasteiger partial charge in [0.1, 0.15) is 10.7 Å². The molecule has 1 aromatic rings. The van der Waals surface area contributed by atoms with Gasteiger partial charge in [-0.1, -0.05) is 6.42 Å². The molecule has 0 aliphatic carbocycles. The molecule has 2 rings (SSSR count). The molecule has 0 aromatic carbocycles. The minimum absolute atomic E-state index is 0.128. The first-order chi connectivity index (χ1) is 8.20. The molecule has 0 saturated carbocycles. The topological polar surface area (TPSA) is 79.8 Å². The second-order valence-electron chi connectivity index (χ2n) is 4.30. The van der Waals surface area contributed by atoms with Crippen LogP contribution < -0.4 is 0 Å². The number of hydrogen-bond donors (Lipinski definition) is 1. The quantitative estimate of drug-likeness (QED) is 0.637. The highest BCUT2D eigenvalue weighted by molar-refractivity contribution is 5.17. The van der Waals surface area contributed by atoms with Crippen molar-refractivity contribution in [1.82, 2.24) is 4.90 Å². The predicted molar refractivity (Wildman–Crippen MR) is 60.5 cm³/mol. The molecule has 1 atom stereocenters. The van der Waals surface area contributed by atoms with Crippen molar-refractivity contribution in [3.63, 3.8) is 0 Å². The molecule has 6 nitrogen and oxygen atoms in total. The van der Waals surface area contributed by atoms with E-state index in [1.807, 2.05) is 0 Å². The highest BCUT2D eigenvalue weighted by Crippen LogP contribution is 2.22. The number of hydrogen-bond acceptors (Lipinski definition) is 5. The molecule has 0 radical (unpaired) electrons. The lowest BCUT2D eigenvalue weighted by Gasteiger charge is -2.33. The molecule has 0 bridgehead atoms. The fourth-order valence-corrected chi connectivity index (χ4v) is 2.22. The lowest BCUT2D eigenvalue weighted by atomic mass is 10.0. The van der Waals surface area contributed by atoms with Crippen LogP contribution >= 0.6 is 0 Å². The van der Waals surface area contributed by atoms with Crippen molar-refractivity contribution in [3.8, 4) is 0 Å². The molecular formula is C11H16N2O4. The average molecular weight is 240 g/mol. The van der Waals surface area contributed by atoms with E-state index in [1.54, 1.807) is 6.07 Å². The smallest absolute Gasteiger partial charge is 0.404 e. The van der Waals surface area contributed by atoms with E-state index in [9.17, 15) is 15.2 Å². The van der Waals surface area contributed by atoms with E-state index in [1.165, 1.54) is 6.07 Å². The molecular weight excluding hydrogens is 224 g/mol. The predicted octanol–water partition coefficient (Wildman–Crippen LogP) is 1.53. The van der Waals surface area contributed by atoms with Gasteiger partial charge in [-0.05, 0) is 25.5 Å². The van der Waals surface area contributed by atoms with Gasteiger partial charge in [-0.15, -0.1) is 0 Å². The average Bonchev–Trinajstić information content (AvgIpc) is 2.78. The van der Waals surface area contributed by atoms with Crippen LogP contribution in [-0.4, -0.2) is 34.1 Å². The van der Waals surface area contributed by atoms with Crippen molar-refractivity contribution in [2.75, 3.05) is 13.2 Å². The molecule has 1 aromatic heterocycles. The fraction of sp³-hybridized carbons (Fsp3) is 0.636. The number of likely N-dealkylation sites (tertiary alicyclic amines) is 1. The van der Waals surface area contributed by atoms with Gasteiger partial charge in [0.15, 0.2) is 0 Å². The van der Waals surface area contributed by atoms with E-state index in [2.05, 4.69) is 4.90 Å². The van der Waals surface area contributed by atoms with Crippen LogP contribution in [0, 0.1) is 10.1 Å². The Kier molecular flexibility index (Phi) is 3.75. The summed E-state index contributed by atoms with van der Waals surface area (Å²) >= 11 is 0.